The van der Waals surface area contributed by atoms with Crippen molar-refractivity contribution in [3.05, 3.63) is 17.0 Å². The molecule has 1 aromatic heterocycles. The quantitative estimate of drug-likeness (QED) is 0.262. The van der Waals surface area contributed by atoms with Gasteiger partial charge in [-0.3, -0.25) is 14.7 Å². The lowest BCUT2D eigenvalue weighted by Crippen LogP contribution is -2.43. The fourth-order valence-corrected chi connectivity index (χ4v) is 2.11. The third-order valence-corrected chi connectivity index (χ3v) is 3.40. The van der Waals surface area contributed by atoms with Crippen molar-refractivity contribution in [3.8, 4) is 0 Å². The number of carbonyl (C=O) groups is 2. The van der Waals surface area contributed by atoms with Crippen molar-refractivity contribution in [1.29, 1.82) is 0 Å². The first-order chi connectivity index (χ1) is 10.5. The molecule has 10 heteroatoms. The van der Waals surface area contributed by atoms with Gasteiger partial charge in [-0.25, -0.2) is 4.79 Å². The number of nitrogens with one attached hydrogen (secondary N) is 3. The Morgan fingerprint density at radius 3 is 2.65 bits per heavy atom. The van der Waals surface area contributed by atoms with Gasteiger partial charge < -0.3 is 20.5 Å². The fourth-order valence-electron chi connectivity index (χ4n) is 2.11. The summed E-state index contributed by atoms with van der Waals surface area (Å²) in [6.07, 6.45) is 0. The molecule has 1 saturated heterocycles. The highest BCUT2D eigenvalue weighted by atomic mass is 127. The number of guanidine groups is 1. The van der Waals surface area contributed by atoms with E-state index in [2.05, 4.69) is 26.1 Å². The summed E-state index contributed by atoms with van der Waals surface area (Å²) in [5.74, 6) is 1.12. The third kappa shape index (κ3) is 4.81. The monoisotopic (exact) mass is 436 g/mol. The number of aryl methyl sites for hydroxylation is 2. The standard InChI is InChI=1S/C13H20N6O3.HI/c1-8-10(9(2)22-18-8)6-16-12(14-3)15-4-5-19-11(20)7-17-13(19)21;/h4-7H2,1-3H3,(H,17,21)(H2,14,15,16);1H. The van der Waals surface area contributed by atoms with Crippen LogP contribution >= 0.6 is 24.0 Å². The zero-order valence-electron chi connectivity index (χ0n) is 13.3. The van der Waals surface area contributed by atoms with Gasteiger partial charge in [0.15, 0.2) is 5.96 Å². The Morgan fingerprint density at radius 1 is 1.39 bits per heavy atom. The van der Waals surface area contributed by atoms with E-state index in [1.807, 2.05) is 13.8 Å². The van der Waals surface area contributed by atoms with Gasteiger partial charge >= 0.3 is 6.03 Å². The molecule has 0 aromatic carbocycles. The summed E-state index contributed by atoms with van der Waals surface area (Å²) < 4.78 is 5.09. The van der Waals surface area contributed by atoms with E-state index in [4.69, 9.17) is 4.52 Å². The number of amides is 3. The van der Waals surface area contributed by atoms with E-state index >= 15 is 0 Å². The molecule has 0 spiro atoms. The summed E-state index contributed by atoms with van der Waals surface area (Å²) in [7, 11) is 1.65. The molecule has 0 radical (unpaired) electrons. The molecule has 0 bridgehead atoms. The molecule has 0 atom stereocenters. The Bertz CT molecular complexity index is 565. The van der Waals surface area contributed by atoms with Crippen LogP contribution in [0.4, 0.5) is 4.79 Å². The average molecular weight is 436 g/mol. The van der Waals surface area contributed by atoms with Gasteiger partial charge in [0.1, 0.15) is 5.76 Å². The molecule has 3 amide bonds. The molecule has 2 rings (SSSR count). The first-order valence-electron chi connectivity index (χ1n) is 6.97. The van der Waals surface area contributed by atoms with E-state index in [9.17, 15) is 9.59 Å². The van der Waals surface area contributed by atoms with Crippen LogP contribution in [-0.4, -0.2) is 54.6 Å². The van der Waals surface area contributed by atoms with Crippen molar-refractivity contribution >= 4 is 41.9 Å². The SMILES string of the molecule is CN=C(NCCN1C(=O)CNC1=O)NCc1c(C)noc1C.I. The minimum Gasteiger partial charge on any atom is -0.361 e. The average Bonchev–Trinajstić information content (AvgIpc) is 2.99. The molecule has 3 N–H and O–H groups in total. The maximum atomic E-state index is 11.4. The van der Waals surface area contributed by atoms with E-state index in [1.54, 1.807) is 7.05 Å². The lowest BCUT2D eigenvalue weighted by atomic mass is 10.2. The molecule has 128 valence electrons. The number of carbonyl (C=O) groups excluding carboxylic acids is 2. The van der Waals surface area contributed by atoms with Crippen LogP contribution < -0.4 is 16.0 Å². The lowest BCUT2D eigenvalue weighted by molar-refractivity contribution is -0.124. The normalized spacial score (nSPS) is 14.6. The molecule has 1 aliphatic heterocycles. The van der Waals surface area contributed by atoms with E-state index in [0.29, 0.717) is 19.0 Å². The van der Waals surface area contributed by atoms with Crippen molar-refractivity contribution in [3.63, 3.8) is 0 Å². The van der Waals surface area contributed by atoms with Gasteiger partial charge in [-0.2, -0.15) is 0 Å². The fraction of sp³-hybridized carbons (Fsp3) is 0.538. The second-order valence-electron chi connectivity index (χ2n) is 4.86. The zero-order valence-corrected chi connectivity index (χ0v) is 15.6. The topological polar surface area (TPSA) is 112 Å². The van der Waals surface area contributed by atoms with Crippen molar-refractivity contribution in [1.82, 2.24) is 26.0 Å². The number of halogens is 1. The highest BCUT2D eigenvalue weighted by Gasteiger charge is 2.27. The van der Waals surface area contributed by atoms with Gasteiger partial charge in [0.25, 0.3) is 0 Å². The van der Waals surface area contributed by atoms with Crippen LogP contribution in [0.2, 0.25) is 0 Å². The molecular weight excluding hydrogens is 415 g/mol. The summed E-state index contributed by atoms with van der Waals surface area (Å²) in [6.45, 7) is 5.03. The van der Waals surface area contributed by atoms with Crippen LogP contribution in [0.1, 0.15) is 17.0 Å². The van der Waals surface area contributed by atoms with Crippen LogP contribution in [-0.2, 0) is 11.3 Å². The number of aliphatic imine (C=N–C) groups is 1. The van der Waals surface area contributed by atoms with Crippen LogP contribution in [0.25, 0.3) is 0 Å². The van der Waals surface area contributed by atoms with Crippen molar-refractivity contribution in [2.45, 2.75) is 20.4 Å². The van der Waals surface area contributed by atoms with Gasteiger partial charge in [-0.05, 0) is 13.8 Å². The first-order valence-corrected chi connectivity index (χ1v) is 6.97. The molecule has 23 heavy (non-hydrogen) atoms. The molecule has 1 aromatic rings. The van der Waals surface area contributed by atoms with Crippen molar-refractivity contribution < 1.29 is 14.1 Å². The molecule has 9 nitrogen and oxygen atoms in total. The van der Waals surface area contributed by atoms with E-state index in [0.717, 1.165) is 17.0 Å². The van der Waals surface area contributed by atoms with Crippen LogP contribution in [0.15, 0.2) is 9.52 Å². The Morgan fingerprint density at radius 2 is 2.13 bits per heavy atom. The highest BCUT2D eigenvalue weighted by Crippen LogP contribution is 2.11. The molecule has 0 saturated carbocycles. The molecule has 0 unspecified atom stereocenters. The van der Waals surface area contributed by atoms with E-state index < -0.39 is 0 Å². The number of hydrogen-bond donors (Lipinski definition) is 3. The number of nitrogens with zero attached hydrogens (tertiary/aromatic N) is 3. The zero-order chi connectivity index (χ0) is 16.1. The van der Waals surface area contributed by atoms with E-state index in [-0.39, 0.29) is 49.0 Å². The Kier molecular flexibility index (Phi) is 7.26. The van der Waals surface area contributed by atoms with Gasteiger partial charge in [0, 0.05) is 32.2 Å². The number of rotatable bonds is 5. The molecule has 1 fully saturated rings. The summed E-state index contributed by atoms with van der Waals surface area (Å²) in [5.41, 5.74) is 1.82. The van der Waals surface area contributed by atoms with Crippen LogP contribution in [0.5, 0.6) is 0 Å². The number of urea groups is 1. The largest absolute Gasteiger partial charge is 0.361 e. The summed E-state index contributed by atoms with van der Waals surface area (Å²) in [4.78, 5) is 28.1. The van der Waals surface area contributed by atoms with Crippen molar-refractivity contribution in [2.75, 3.05) is 26.7 Å². The molecular formula is C13H21IN6O3. The third-order valence-electron chi connectivity index (χ3n) is 3.40. The number of aromatic nitrogens is 1. The minimum absolute atomic E-state index is 0. The second kappa shape index (κ2) is 8.70. The first kappa shape index (κ1) is 19.2. The lowest BCUT2D eigenvalue weighted by Gasteiger charge is -2.15. The van der Waals surface area contributed by atoms with Gasteiger partial charge in [-0.15, -0.1) is 24.0 Å². The van der Waals surface area contributed by atoms with Gasteiger partial charge in [-0.1, -0.05) is 5.16 Å². The maximum Gasteiger partial charge on any atom is 0.324 e. The van der Waals surface area contributed by atoms with Crippen LogP contribution in [0, 0.1) is 13.8 Å². The Balaban J connectivity index is 0.00000264. The van der Waals surface area contributed by atoms with Gasteiger partial charge in [0.2, 0.25) is 5.91 Å². The molecule has 0 aliphatic carbocycles. The second-order valence-corrected chi connectivity index (χ2v) is 4.86. The summed E-state index contributed by atoms with van der Waals surface area (Å²) >= 11 is 0. The predicted octanol–water partition coefficient (Wildman–Crippen LogP) is 0.126. The smallest absolute Gasteiger partial charge is 0.324 e. The maximum absolute atomic E-state index is 11.4. The highest BCUT2D eigenvalue weighted by molar-refractivity contribution is 14.0. The van der Waals surface area contributed by atoms with Crippen molar-refractivity contribution in [2.24, 2.45) is 4.99 Å². The molecule has 2 heterocycles. The Hall–Kier alpha value is -1.85. The predicted molar refractivity (Wildman–Crippen MR) is 94.7 cm³/mol. The summed E-state index contributed by atoms with van der Waals surface area (Å²) in [5, 5.41) is 12.6. The minimum atomic E-state index is -0.356. The number of imide groups is 1. The van der Waals surface area contributed by atoms with E-state index in [1.165, 1.54) is 4.90 Å². The van der Waals surface area contributed by atoms with Gasteiger partial charge in [0.05, 0.1) is 12.2 Å². The Labute approximate surface area is 151 Å². The van der Waals surface area contributed by atoms with Crippen LogP contribution in [0.3, 0.4) is 0 Å². The number of hydrogen-bond acceptors (Lipinski definition) is 5. The summed E-state index contributed by atoms with van der Waals surface area (Å²) in [6, 6.07) is -0.356. The molecule has 1 aliphatic rings.